The van der Waals surface area contributed by atoms with E-state index in [1.165, 1.54) is 6.26 Å². The van der Waals surface area contributed by atoms with Crippen LogP contribution in [0.25, 0.3) is 0 Å². The summed E-state index contributed by atoms with van der Waals surface area (Å²) in [6.45, 7) is 5.60. The molecule has 0 aliphatic carbocycles. The summed E-state index contributed by atoms with van der Waals surface area (Å²) in [6, 6.07) is 7.09. The number of aliphatic hydroxyl groups excluding tert-OH is 1. The predicted octanol–water partition coefficient (Wildman–Crippen LogP) is 1.99. The summed E-state index contributed by atoms with van der Waals surface area (Å²) in [6.07, 6.45) is 0.431. The van der Waals surface area contributed by atoms with Crippen LogP contribution in [0.15, 0.2) is 34.9 Å². The molecule has 23 heavy (non-hydrogen) atoms. The number of carbonyl (C=O) groups is 2. The van der Waals surface area contributed by atoms with Crippen LogP contribution in [0.4, 0.5) is 5.69 Å². The van der Waals surface area contributed by atoms with E-state index < -0.39 is 17.9 Å². The van der Waals surface area contributed by atoms with Crippen LogP contribution in [-0.4, -0.2) is 23.5 Å². The van der Waals surface area contributed by atoms with E-state index in [2.05, 4.69) is 10.6 Å². The van der Waals surface area contributed by atoms with Gasteiger partial charge in [-0.3, -0.25) is 9.59 Å². The van der Waals surface area contributed by atoms with Crippen LogP contribution >= 0.6 is 0 Å². The molecule has 6 nitrogen and oxygen atoms in total. The van der Waals surface area contributed by atoms with Gasteiger partial charge in [-0.05, 0) is 44.0 Å². The Kier molecular flexibility index (Phi) is 5.18. The molecule has 1 atom stereocenters. The average molecular weight is 316 g/mol. The Hall–Kier alpha value is -2.60. The zero-order valence-corrected chi connectivity index (χ0v) is 13.3. The number of aliphatic hydroxyl groups is 1. The zero-order chi connectivity index (χ0) is 17.0. The number of amides is 2. The SMILES string of the molecule is Cc1cc(C)c(NC(=O)C(=O)NCC(O)c2ccco2)c(C)c1. The molecule has 0 fully saturated rings. The van der Waals surface area contributed by atoms with Crippen molar-refractivity contribution in [2.24, 2.45) is 0 Å². The van der Waals surface area contributed by atoms with Crippen molar-refractivity contribution in [3.8, 4) is 0 Å². The number of carbonyl (C=O) groups excluding carboxylic acids is 2. The van der Waals surface area contributed by atoms with E-state index in [-0.39, 0.29) is 6.54 Å². The number of aryl methyl sites for hydroxylation is 3. The number of benzene rings is 1. The highest BCUT2D eigenvalue weighted by atomic mass is 16.4. The summed E-state index contributed by atoms with van der Waals surface area (Å²) in [5.74, 6) is -1.25. The molecule has 1 unspecified atom stereocenters. The van der Waals surface area contributed by atoms with Crippen molar-refractivity contribution in [2.45, 2.75) is 26.9 Å². The minimum Gasteiger partial charge on any atom is -0.467 e. The van der Waals surface area contributed by atoms with Crippen LogP contribution in [0, 0.1) is 20.8 Å². The van der Waals surface area contributed by atoms with Crippen molar-refractivity contribution < 1.29 is 19.1 Å². The molecule has 1 aromatic carbocycles. The molecule has 0 radical (unpaired) electrons. The highest BCUT2D eigenvalue weighted by Gasteiger charge is 2.18. The number of rotatable bonds is 4. The van der Waals surface area contributed by atoms with Gasteiger partial charge in [0.1, 0.15) is 11.9 Å². The third-order valence-corrected chi connectivity index (χ3v) is 3.45. The van der Waals surface area contributed by atoms with Crippen molar-refractivity contribution >= 4 is 17.5 Å². The molecule has 0 spiro atoms. The molecule has 0 bridgehead atoms. The third-order valence-electron chi connectivity index (χ3n) is 3.45. The number of hydrogen-bond donors (Lipinski definition) is 3. The molecule has 2 aromatic rings. The largest absolute Gasteiger partial charge is 0.467 e. The second-order valence-corrected chi connectivity index (χ2v) is 5.47. The van der Waals surface area contributed by atoms with Crippen molar-refractivity contribution in [2.75, 3.05) is 11.9 Å². The molecule has 0 saturated heterocycles. The molecule has 0 aliphatic rings. The van der Waals surface area contributed by atoms with E-state index >= 15 is 0 Å². The lowest BCUT2D eigenvalue weighted by molar-refractivity contribution is -0.136. The fraction of sp³-hybridized carbons (Fsp3) is 0.294. The van der Waals surface area contributed by atoms with Gasteiger partial charge in [0.25, 0.3) is 0 Å². The Morgan fingerprint density at radius 1 is 1.17 bits per heavy atom. The normalized spacial score (nSPS) is 11.8. The number of nitrogens with one attached hydrogen (secondary N) is 2. The smallest absolute Gasteiger partial charge is 0.313 e. The van der Waals surface area contributed by atoms with Gasteiger partial charge in [0.15, 0.2) is 0 Å². The lowest BCUT2D eigenvalue weighted by Crippen LogP contribution is -2.37. The maximum atomic E-state index is 12.0. The van der Waals surface area contributed by atoms with Gasteiger partial charge in [-0.15, -0.1) is 0 Å². The molecule has 0 aliphatic heterocycles. The number of hydrogen-bond acceptors (Lipinski definition) is 4. The molecule has 1 aromatic heterocycles. The summed E-state index contributed by atoms with van der Waals surface area (Å²) in [7, 11) is 0. The fourth-order valence-corrected chi connectivity index (χ4v) is 2.40. The topological polar surface area (TPSA) is 91.6 Å². The average Bonchev–Trinajstić information content (AvgIpc) is 3.02. The van der Waals surface area contributed by atoms with E-state index in [1.807, 2.05) is 32.9 Å². The maximum Gasteiger partial charge on any atom is 0.313 e. The van der Waals surface area contributed by atoms with E-state index in [9.17, 15) is 14.7 Å². The summed E-state index contributed by atoms with van der Waals surface area (Å²) in [5.41, 5.74) is 3.49. The Bertz CT molecular complexity index is 684. The molecule has 122 valence electrons. The van der Waals surface area contributed by atoms with Crippen molar-refractivity contribution in [3.63, 3.8) is 0 Å². The van der Waals surface area contributed by atoms with Crippen LogP contribution < -0.4 is 10.6 Å². The maximum absolute atomic E-state index is 12.0. The van der Waals surface area contributed by atoms with Gasteiger partial charge < -0.3 is 20.2 Å². The first kappa shape index (κ1) is 16.8. The summed E-state index contributed by atoms with van der Waals surface area (Å²) in [5, 5.41) is 14.8. The highest BCUT2D eigenvalue weighted by Crippen LogP contribution is 2.21. The first-order chi connectivity index (χ1) is 10.9. The van der Waals surface area contributed by atoms with Gasteiger partial charge in [0.2, 0.25) is 0 Å². The molecule has 3 N–H and O–H groups in total. The molecule has 0 saturated carbocycles. The van der Waals surface area contributed by atoms with Gasteiger partial charge in [-0.2, -0.15) is 0 Å². The van der Waals surface area contributed by atoms with E-state index in [0.717, 1.165) is 16.7 Å². The molecule has 6 heteroatoms. The second-order valence-electron chi connectivity index (χ2n) is 5.47. The van der Waals surface area contributed by atoms with E-state index in [0.29, 0.717) is 11.4 Å². The van der Waals surface area contributed by atoms with Gasteiger partial charge in [0.05, 0.1) is 12.8 Å². The Labute approximate surface area is 134 Å². The lowest BCUT2D eigenvalue weighted by Gasteiger charge is -2.13. The van der Waals surface area contributed by atoms with Crippen LogP contribution in [-0.2, 0) is 9.59 Å². The molecule has 1 heterocycles. The molecule has 2 amide bonds. The number of anilines is 1. The quantitative estimate of drug-likeness (QED) is 0.752. The third kappa shape index (κ3) is 4.20. The Morgan fingerprint density at radius 3 is 2.39 bits per heavy atom. The highest BCUT2D eigenvalue weighted by molar-refractivity contribution is 6.39. The fourth-order valence-electron chi connectivity index (χ4n) is 2.40. The van der Waals surface area contributed by atoms with E-state index in [4.69, 9.17) is 4.42 Å². The minimum atomic E-state index is -0.996. The van der Waals surface area contributed by atoms with Crippen molar-refractivity contribution in [1.29, 1.82) is 0 Å². The molecule has 2 rings (SSSR count). The lowest BCUT2D eigenvalue weighted by atomic mass is 10.1. The van der Waals surface area contributed by atoms with Crippen molar-refractivity contribution in [3.05, 3.63) is 53.0 Å². The molecular formula is C17H20N2O4. The monoisotopic (exact) mass is 316 g/mol. The van der Waals surface area contributed by atoms with Crippen LogP contribution in [0.3, 0.4) is 0 Å². The number of furan rings is 1. The summed E-state index contributed by atoms with van der Waals surface area (Å²) in [4.78, 5) is 23.8. The van der Waals surface area contributed by atoms with Gasteiger partial charge in [-0.25, -0.2) is 0 Å². The second kappa shape index (κ2) is 7.11. The molecular weight excluding hydrogens is 296 g/mol. The standard InChI is InChI=1S/C17H20N2O4/c1-10-7-11(2)15(12(3)8-10)19-17(22)16(21)18-9-13(20)14-5-4-6-23-14/h4-8,13,20H,9H2,1-3H3,(H,18,21)(H,19,22). The first-order valence-electron chi connectivity index (χ1n) is 7.27. The summed E-state index contributed by atoms with van der Waals surface area (Å²) >= 11 is 0. The van der Waals surface area contributed by atoms with Crippen LogP contribution in [0.5, 0.6) is 0 Å². The van der Waals surface area contributed by atoms with Crippen molar-refractivity contribution in [1.82, 2.24) is 5.32 Å². The van der Waals surface area contributed by atoms with Gasteiger partial charge >= 0.3 is 11.8 Å². The Balaban J connectivity index is 1.94. The van der Waals surface area contributed by atoms with Crippen LogP contribution in [0.1, 0.15) is 28.6 Å². The zero-order valence-electron chi connectivity index (χ0n) is 13.3. The summed E-state index contributed by atoms with van der Waals surface area (Å²) < 4.78 is 5.02. The van der Waals surface area contributed by atoms with E-state index in [1.54, 1.807) is 12.1 Å². The van der Waals surface area contributed by atoms with Gasteiger partial charge in [-0.1, -0.05) is 17.7 Å². The predicted molar refractivity (Wildman–Crippen MR) is 86.0 cm³/mol. The first-order valence-corrected chi connectivity index (χ1v) is 7.27. The van der Waals surface area contributed by atoms with Crippen LogP contribution in [0.2, 0.25) is 0 Å². The van der Waals surface area contributed by atoms with Gasteiger partial charge in [0, 0.05) is 5.69 Å². The Morgan fingerprint density at radius 2 is 1.83 bits per heavy atom. The minimum absolute atomic E-state index is 0.106.